The van der Waals surface area contributed by atoms with Crippen LogP contribution in [0.4, 0.5) is 0 Å². The van der Waals surface area contributed by atoms with Crippen LogP contribution in [0.15, 0.2) is 48.5 Å². The van der Waals surface area contributed by atoms with E-state index in [1.807, 2.05) is 50.2 Å². The highest BCUT2D eigenvalue weighted by Gasteiger charge is 2.19. The van der Waals surface area contributed by atoms with Crippen molar-refractivity contribution in [1.82, 2.24) is 5.32 Å². The van der Waals surface area contributed by atoms with E-state index in [1.165, 1.54) is 0 Å². The third kappa shape index (κ3) is 4.90. The van der Waals surface area contributed by atoms with E-state index in [9.17, 15) is 4.79 Å². The highest BCUT2D eigenvalue weighted by Crippen LogP contribution is 2.25. The number of nitrogens with one attached hydrogen (secondary N) is 1. The largest absolute Gasteiger partial charge is 0.494 e. The van der Waals surface area contributed by atoms with Crippen molar-refractivity contribution >= 4 is 17.5 Å². The molecule has 0 aliphatic carbocycles. The van der Waals surface area contributed by atoms with E-state index in [0.717, 1.165) is 11.3 Å². The predicted molar refractivity (Wildman–Crippen MR) is 95.6 cm³/mol. The first kappa shape index (κ1) is 18.1. The zero-order valence-electron chi connectivity index (χ0n) is 13.9. The number of hydrogen-bond acceptors (Lipinski definition) is 3. The molecule has 0 aliphatic heterocycles. The maximum absolute atomic E-state index is 12.4. The summed E-state index contributed by atoms with van der Waals surface area (Å²) < 4.78 is 11.3. The standard InChI is InChI=1S/C19H22ClNO3/c1-3-16(24-18-12-8-6-10-15(18)20)19(22)21-13-14-9-5-7-11-17(14)23-4-2/h5-12,16H,3-4,13H2,1-2H3,(H,21,22). The molecule has 128 valence electrons. The van der Waals surface area contributed by atoms with Gasteiger partial charge in [-0.3, -0.25) is 4.79 Å². The van der Waals surface area contributed by atoms with E-state index in [4.69, 9.17) is 21.1 Å². The van der Waals surface area contributed by atoms with Crippen LogP contribution in [0, 0.1) is 0 Å². The monoisotopic (exact) mass is 347 g/mol. The first-order chi connectivity index (χ1) is 11.7. The Morgan fingerprint density at radius 2 is 1.75 bits per heavy atom. The molecule has 5 heteroatoms. The molecule has 4 nitrogen and oxygen atoms in total. The van der Waals surface area contributed by atoms with Gasteiger partial charge in [-0.2, -0.15) is 0 Å². The number of benzene rings is 2. The Morgan fingerprint density at radius 3 is 2.42 bits per heavy atom. The van der Waals surface area contributed by atoms with Crippen molar-refractivity contribution in [2.75, 3.05) is 6.61 Å². The van der Waals surface area contributed by atoms with Gasteiger partial charge < -0.3 is 14.8 Å². The van der Waals surface area contributed by atoms with Crippen LogP contribution in [-0.4, -0.2) is 18.6 Å². The summed E-state index contributed by atoms with van der Waals surface area (Å²) in [6, 6.07) is 14.8. The van der Waals surface area contributed by atoms with Gasteiger partial charge in [0.25, 0.3) is 5.91 Å². The minimum atomic E-state index is -0.593. The van der Waals surface area contributed by atoms with Gasteiger partial charge in [0.2, 0.25) is 0 Å². The Hall–Kier alpha value is -2.20. The fourth-order valence-corrected chi connectivity index (χ4v) is 2.44. The fourth-order valence-electron chi connectivity index (χ4n) is 2.26. The molecule has 1 amide bonds. The van der Waals surface area contributed by atoms with Gasteiger partial charge in [-0.05, 0) is 31.5 Å². The molecule has 0 fully saturated rings. The quantitative estimate of drug-likeness (QED) is 0.778. The third-order valence-electron chi connectivity index (χ3n) is 3.49. The van der Waals surface area contributed by atoms with Crippen LogP contribution in [0.25, 0.3) is 0 Å². The number of ether oxygens (including phenoxy) is 2. The summed E-state index contributed by atoms with van der Waals surface area (Å²) in [4.78, 5) is 12.4. The van der Waals surface area contributed by atoms with E-state index in [2.05, 4.69) is 5.32 Å². The second-order valence-corrected chi connectivity index (χ2v) is 5.61. The Labute approximate surface area is 147 Å². The lowest BCUT2D eigenvalue weighted by atomic mass is 10.2. The van der Waals surface area contributed by atoms with E-state index in [0.29, 0.717) is 30.3 Å². The number of amides is 1. The molecule has 2 rings (SSSR count). The molecular formula is C19H22ClNO3. The molecule has 1 N–H and O–H groups in total. The van der Waals surface area contributed by atoms with Crippen LogP contribution in [0.5, 0.6) is 11.5 Å². The lowest BCUT2D eigenvalue weighted by molar-refractivity contribution is -0.128. The number of para-hydroxylation sites is 2. The number of halogens is 1. The zero-order chi connectivity index (χ0) is 17.4. The lowest BCUT2D eigenvalue weighted by Crippen LogP contribution is -2.37. The normalized spacial score (nSPS) is 11.6. The fraction of sp³-hybridized carbons (Fsp3) is 0.316. The first-order valence-corrected chi connectivity index (χ1v) is 8.43. The molecule has 2 aromatic rings. The predicted octanol–water partition coefficient (Wildman–Crippen LogP) is 4.21. The summed E-state index contributed by atoms with van der Waals surface area (Å²) in [5.41, 5.74) is 0.931. The van der Waals surface area contributed by atoms with Gasteiger partial charge in [0.05, 0.1) is 11.6 Å². The summed E-state index contributed by atoms with van der Waals surface area (Å²) >= 11 is 6.09. The number of rotatable bonds is 8. The average molecular weight is 348 g/mol. The Bertz CT molecular complexity index is 675. The van der Waals surface area contributed by atoms with Gasteiger partial charge in [0.15, 0.2) is 6.10 Å². The Balaban J connectivity index is 1.99. The first-order valence-electron chi connectivity index (χ1n) is 8.05. The highest BCUT2D eigenvalue weighted by molar-refractivity contribution is 6.32. The van der Waals surface area contributed by atoms with Crippen LogP contribution in [0.3, 0.4) is 0 Å². The van der Waals surface area contributed by atoms with Gasteiger partial charge in [0.1, 0.15) is 11.5 Å². The molecule has 0 bridgehead atoms. The SMILES string of the molecule is CCOc1ccccc1CNC(=O)C(CC)Oc1ccccc1Cl. The minimum absolute atomic E-state index is 0.177. The summed E-state index contributed by atoms with van der Waals surface area (Å²) in [7, 11) is 0. The second kappa shape index (κ2) is 9.18. The molecule has 1 atom stereocenters. The molecule has 0 radical (unpaired) electrons. The van der Waals surface area contributed by atoms with Crippen LogP contribution < -0.4 is 14.8 Å². The molecule has 0 saturated heterocycles. The van der Waals surface area contributed by atoms with E-state index < -0.39 is 6.10 Å². The molecule has 0 aromatic heterocycles. The highest BCUT2D eigenvalue weighted by atomic mass is 35.5. The summed E-state index contributed by atoms with van der Waals surface area (Å²) in [6.45, 7) is 4.80. The average Bonchev–Trinajstić information content (AvgIpc) is 2.60. The van der Waals surface area contributed by atoms with Gasteiger partial charge in [-0.1, -0.05) is 48.9 Å². The summed E-state index contributed by atoms with van der Waals surface area (Å²) in [5, 5.41) is 3.39. The molecule has 0 aliphatic rings. The van der Waals surface area contributed by atoms with Crippen molar-refractivity contribution in [1.29, 1.82) is 0 Å². The van der Waals surface area contributed by atoms with E-state index >= 15 is 0 Å². The van der Waals surface area contributed by atoms with E-state index in [1.54, 1.807) is 12.1 Å². The maximum Gasteiger partial charge on any atom is 0.261 e. The van der Waals surface area contributed by atoms with Gasteiger partial charge in [-0.15, -0.1) is 0 Å². The summed E-state index contributed by atoms with van der Waals surface area (Å²) in [5.74, 6) is 1.11. The lowest BCUT2D eigenvalue weighted by Gasteiger charge is -2.18. The van der Waals surface area contributed by atoms with Crippen molar-refractivity contribution in [3.63, 3.8) is 0 Å². The molecule has 0 spiro atoms. The molecular weight excluding hydrogens is 326 g/mol. The number of carbonyl (C=O) groups excluding carboxylic acids is 1. The van der Waals surface area contributed by atoms with E-state index in [-0.39, 0.29) is 5.91 Å². The number of hydrogen-bond donors (Lipinski definition) is 1. The maximum atomic E-state index is 12.4. The molecule has 24 heavy (non-hydrogen) atoms. The van der Waals surface area contributed by atoms with Crippen molar-refractivity contribution in [2.24, 2.45) is 0 Å². The molecule has 2 aromatic carbocycles. The smallest absolute Gasteiger partial charge is 0.261 e. The van der Waals surface area contributed by atoms with Crippen LogP contribution in [0.1, 0.15) is 25.8 Å². The van der Waals surface area contributed by atoms with Crippen molar-refractivity contribution in [3.05, 3.63) is 59.1 Å². The summed E-state index contributed by atoms with van der Waals surface area (Å²) in [6.07, 6.45) is -0.0476. The van der Waals surface area contributed by atoms with Crippen LogP contribution in [0.2, 0.25) is 5.02 Å². The molecule has 0 heterocycles. The zero-order valence-corrected chi connectivity index (χ0v) is 14.7. The van der Waals surface area contributed by atoms with Crippen LogP contribution in [-0.2, 0) is 11.3 Å². The minimum Gasteiger partial charge on any atom is -0.494 e. The number of carbonyl (C=O) groups is 1. The van der Waals surface area contributed by atoms with Crippen molar-refractivity contribution in [2.45, 2.75) is 32.9 Å². The van der Waals surface area contributed by atoms with Gasteiger partial charge in [-0.25, -0.2) is 0 Å². The van der Waals surface area contributed by atoms with Gasteiger partial charge in [0, 0.05) is 12.1 Å². The third-order valence-corrected chi connectivity index (χ3v) is 3.81. The Morgan fingerprint density at radius 1 is 1.08 bits per heavy atom. The molecule has 0 saturated carbocycles. The molecule has 1 unspecified atom stereocenters. The van der Waals surface area contributed by atoms with Crippen LogP contribution >= 0.6 is 11.6 Å². The van der Waals surface area contributed by atoms with Crippen molar-refractivity contribution in [3.8, 4) is 11.5 Å². The Kier molecular flexibility index (Phi) is 6.94. The topological polar surface area (TPSA) is 47.6 Å². The second-order valence-electron chi connectivity index (χ2n) is 5.20. The van der Waals surface area contributed by atoms with Gasteiger partial charge >= 0.3 is 0 Å². The van der Waals surface area contributed by atoms with Crippen molar-refractivity contribution < 1.29 is 14.3 Å².